The number of carbonyl (C=O) groups excluding carboxylic acids is 1. The molecule has 0 aliphatic carbocycles. The number of aryl methyl sites for hydroxylation is 2. The molecule has 42 heavy (non-hydrogen) atoms. The molecule has 3 aromatic rings. The van der Waals surface area contributed by atoms with E-state index >= 15 is 0 Å². The molecule has 0 aromatic heterocycles. The van der Waals surface area contributed by atoms with Crippen LogP contribution in [0.15, 0.2) is 54.6 Å². The van der Waals surface area contributed by atoms with E-state index in [0.717, 1.165) is 29.7 Å². The maximum Gasteiger partial charge on any atom is 0.309 e. The van der Waals surface area contributed by atoms with Crippen molar-refractivity contribution in [1.82, 2.24) is 4.90 Å². The van der Waals surface area contributed by atoms with Gasteiger partial charge in [-0.15, -0.1) is 0 Å². The van der Waals surface area contributed by atoms with Crippen molar-refractivity contribution in [3.63, 3.8) is 0 Å². The van der Waals surface area contributed by atoms with E-state index in [0.29, 0.717) is 16.9 Å². The summed E-state index contributed by atoms with van der Waals surface area (Å²) in [5.74, 6) is -2.80. The molecule has 0 saturated carbocycles. The van der Waals surface area contributed by atoms with Gasteiger partial charge < -0.3 is 29.7 Å². The Hall–Kier alpha value is -4.15. The zero-order valence-corrected chi connectivity index (χ0v) is 23.6. The topological polar surface area (TPSA) is 118 Å². The highest BCUT2D eigenvalue weighted by molar-refractivity contribution is 5.94. The van der Waals surface area contributed by atoms with E-state index in [9.17, 15) is 19.1 Å². The quantitative estimate of drug-likeness (QED) is 0.304. The van der Waals surface area contributed by atoms with Gasteiger partial charge in [0.05, 0.1) is 19.1 Å². The first kappa shape index (κ1) is 29.3. The summed E-state index contributed by atoms with van der Waals surface area (Å²) in [6, 6.07) is 15.1. The van der Waals surface area contributed by atoms with Crippen LogP contribution in [-0.4, -0.2) is 60.1 Å². The summed E-state index contributed by atoms with van der Waals surface area (Å²) in [5, 5.41) is 22.7. The van der Waals surface area contributed by atoms with Gasteiger partial charge in [-0.2, -0.15) is 0 Å². The fourth-order valence-electron chi connectivity index (χ4n) is 6.02. The van der Waals surface area contributed by atoms with Crippen LogP contribution in [0, 0.1) is 11.7 Å². The number of fused-ring (bicyclic) bond motifs is 1. The number of nitrogens with zero attached hydrogens (tertiary/aromatic N) is 1. The van der Waals surface area contributed by atoms with E-state index in [1.807, 2.05) is 36.9 Å². The number of amides is 1. The monoisotopic (exact) mass is 578 g/mol. The minimum absolute atomic E-state index is 0.0104. The molecule has 9 nitrogen and oxygen atoms in total. The summed E-state index contributed by atoms with van der Waals surface area (Å²) in [6.07, 6.45) is 1.50. The molecule has 3 N–H and O–H groups in total. The first-order chi connectivity index (χ1) is 20.3. The molecule has 10 heteroatoms. The number of aliphatic hydroxyl groups is 1. The van der Waals surface area contributed by atoms with E-state index in [2.05, 4.69) is 5.32 Å². The molecule has 1 fully saturated rings. The second-order valence-electron chi connectivity index (χ2n) is 10.4. The third-order valence-corrected chi connectivity index (χ3v) is 7.95. The Morgan fingerprint density at radius 2 is 1.76 bits per heavy atom. The number of likely N-dealkylation sites (tertiary alicyclic amines) is 1. The Morgan fingerprint density at radius 3 is 2.40 bits per heavy atom. The van der Waals surface area contributed by atoms with Crippen LogP contribution in [0.1, 0.15) is 48.1 Å². The van der Waals surface area contributed by atoms with Crippen molar-refractivity contribution in [3.05, 3.63) is 82.7 Å². The van der Waals surface area contributed by atoms with Crippen molar-refractivity contribution in [2.45, 2.75) is 38.6 Å². The summed E-state index contributed by atoms with van der Waals surface area (Å²) in [5.41, 5.74) is 3.98. The van der Waals surface area contributed by atoms with Gasteiger partial charge in [0, 0.05) is 24.2 Å². The number of benzene rings is 3. The molecule has 1 amide bonds. The van der Waals surface area contributed by atoms with Crippen molar-refractivity contribution < 1.29 is 38.4 Å². The number of rotatable bonds is 11. The van der Waals surface area contributed by atoms with Gasteiger partial charge in [-0.1, -0.05) is 44.2 Å². The molecule has 2 heterocycles. The molecule has 0 bridgehead atoms. The lowest BCUT2D eigenvalue weighted by atomic mass is 9.82. The van der Waals surface area contributed by atoms with Gasteiger partial charge in [0.1, 0.15) is 12.4 Å². The molecule has 5 rings (SSSR count). The zero-order chi connectivity index (χ0) is 29.8. The average molecular weight is 579 g/mol. The second-order valence-corrected chi connectivity index (χ2v) is 10.4. The fraction of sp³-hybridized carbons (Fsp3) is 0.375. The van der Waals surface area contributed by atoms with Crippen LogP contribution in [0.3, 0.4) is 0 Å². The molecular weight excluding hydrogens is 543 g/mol. The molecule has 0 radical (unpaired) electrons. The van der Waals surface area contributed by atoms with Crippen LogP contribution >= 0.6 is 0 Å². The van der Waals surface area contributed by atoms with Crippen molar-refractivity contribution in [2.24, 2.45) is 5.92 Å². The van der Waals surface area contributed by atoms with Crippen LogP contribution in [0.5, 0.6) is 17.2 Å². The van der Waals surface area contributed by atoms with Crippen molar-refractivity contribution in [2.75, 3.05) is 38.4 Å². The van der Waals surface area contributed by atoms with Crippen LogP contribution in [0.2, 0.25) is 0 Å². The van der Waals surface area contributed by atoms with Crippen molar-refractivity contribution in [1.29, 1.82) is 0 Å². The lowest BCUT2D eigenvalue weighted by Gasteiger charge is -2.27. The fourth-order valence-corrected chi connectivity index (χ4v) is 6.02. The molecule has 0 spiro atoms. The third-order valence-electron chi connectivity index (χ3n) is 7.95. The van der Waals surface area contributed by atoms with Gasteiger partial charge in [-0.25, -0.2) is 4.39 Å². The number of aliphatic hydroxyl groups excluding tert-OH is 1. The maximum absolute atomic E-state index is 14.9. The van der Waals surface area contributed by atoms with Crippen LogP contribution in [0.25, 0.3) is 0 Å². The molecule has 2 aliphatic rings. The lowest BCUT2D eigenvalue weighted by Crippen LogP contribution is -2.35. The highest BCUT2D eigenvalue weighted by Gasteiger charge is 2.48. The number of carboxylic acids is 1. The average Bonchev–Trinajstić information content (AvgIpc) is 3.62. The second kappa shape index (κ2) is 12.8. The molecular formula is C32H35FN2O7. The number of aliphatic carboxylic acids is 1. The standard InChI is InChI=1S/C32H35FN2O7/c1-3-19-6-5-7-20(4-2)29(19)34-27(37)17-35-16-24(22-14-25(33)31-26(15-22)41-18-42-31)28(32(38)39)30(35)21-8-10-23(11-9-21)40-13-12-36/h5-11,14-15,24,28,30,36H,3-4,12-13,16-18H2,1-2H3,(H,34,37)(H,38,39)/t24-,28-,30+/m1/s1. The van der Waals surface area contributed by atoms with Crippen LogP contribution in [-0.2, 0) is 22.4 Å². The number of halogens is 1. The van der Waals surface area contributed by atoms with Crippen LogP contribution < -0.4 is 19.5 Å². The maximum atomic E-state index is 14.9. The molecule has 3 atom stereocenters. The van der Waals surface area contributed by atoms with Crippen molar-refractivity contribution in [3.8, 4) is 17.2 Å². The number of anilines is 1. The molecule has 2 aliphatic heterocycles. The first-order valence-electron chi connectivity index (χ1n) is 14.1. The van der Waals surface area contributed by atoms with Gasteiger partial charge >= 0.3 is 5.97 Å². The summed E-state index contributed by atoms with van der Waals surface area (Å²) >= 11 is 0. The summed E-state index contributed by atoms with van der Waals surface area (Å²) < 4.78 is 31.0. The van der Waals surface area contributed by atoms with E-state index in [1.54, 1.807) is 30.3 Å². The SMILES string of the molecule is CCc1cccc(CC)c1NC(=O)CN1C[C@H](c2cc(F)c3c(c2)OCO3)[C@@H](C(=O)O)[C@@H]1c1ccc(OCCO)cc1. The Labute approximate surface area is 243 Å². The van der Waals surface area contributed by atoms with E-state index in [1.165, 1.54) is 6.07 Å². The molecule has 3 aromatic carbocycles. The Morgan fingerprint density at radius 1 is 1.05 bits per heavy atom. The predicted octanol–water partition coefficient (Wildman–Crippen LogP) is 4.53. The number of nitrogens with one attached hydrogen (secondary N) is 1. The molecule has 0 unspecified atom stereocenters. The number of carbonyl (C=O) groups is 2. The van der Waals surface area contributed by atoms with Crippen molar-refractivity contribution >= 4 is 17.6 Å². The van der Waals surface area contributed by atoms with Crippen LogP contribution in [0.4, 0.5) is 10.1 Å². The number of ether oxygens (including phenoxy) is 3. The number of para-hydroxylation sites is 1. The summed E-state index contributed by atoms with van der Waals surface area (Å²) in [4.78, 5) is 28.2. The highest BCUT2D eigenvalue weighted by Crippen LogP contribution is 2.48. The number of carboxylic acid groups (broad SMARTS) is 1. The normalized spacial score (nSPS) is 19.6. The van der Waals surface area contributed by atoms with E-state index < -0.39 is 29.7 Å². The highest BCUT2D eigenvalue weighted by atomic mass is 19.1. The minimum Gasteiger partial charge on any atom is -0.491 e. The largest absolute Gasteiger partial charge is 0.491 e. The van der Waals surface area contributed by atoms with E-state index in [-0.39, 0.29) is 50.5 Å². The molecule has 222 valence electrons. The van der Waals surface area contributed by atoms with Gasteiger partial charge in [-0.05, 0) is 59.4 Å². The smallest absolute Gasteiger partial charge is 0.309 e. The molecule has 1 saturated heterocycles. The number of hydrogen-bond donors (Lipinski definition) is 3. The Balaban J connectivity index is 1.49. The lowest BCUT2D eigenvalue weighted by molar-refractivity contribution is -0.143. The van der Waals surface area contributed by atoms with Gasteiger partial charge in [0.2, 0.25) is 18.4 Å². The summed E-state index contributed by atoms with van der Waals surface area (Å²) in [7, 11) is 0. The van der Waals surface area contributed by atoms with E-state index in [4.69, 9.17) is 19.3 Å². The Bertz CT molecular complexity index is 1420. The third kappa shape index (κ3) is 5.91. The van der Waals surface area contributed by atoms with Gasteiger partial charge in [0.15, 0.2) is 11.6 Å². The number of hydrogen-bond acceptors (Lipinski definition) is 7. The minimum atomic E-state index is -1.06. The Kier molecular flexibility index (Phi) is 8.94. The first-order valence-corrected chi connectivity index (χ1v) is 14.1. The predicted molar refractivity (Wildman–Crippen MR) is 154 cm³/mol. The summed E-state index contributed by atoms with van der Waals surface area (Å²) in [6.45, 7) is 4.08. The van der Waals surface area contributed by atoms with Gasteiger partial charge in [0.25, 0.3) is 0 Å². The van der Waals surface area contributed by atoms with Gasteiger partial charge in [-0.3, -0.25) is 14.5 Å². The zero-order valence-electron chi connectivity index (χ0n) is 23.6.